The van der Waals surface area contributed by atoms with Crippen molar-refractivity contribution >= 4 is 9.84 Å². The highest BCUT2D eigenvalue weighted by atomic mass is 32.2. The number of likely N-dealkylation sites (N-methyl/N-ethyl adjacent to an activating group) is 1. The van der Waals surface area contributed by atoms with Gasteiger partial charge in [0.1, 0.15) is 0 Å². The Bertz CT molecular complexity index is 424. The molecule has 2 aliphatic heterocycles. The van der Waals surface area contributed by atoms with Crippen molar-refractivity contribution in [3.8, 4) is 0 Å². The summed E-state index contributed by atoms with van der Waals surface area (Å²) >= 11 is 0. The van der Waals surface area contributed by atoms with Gasteiger partial charge in [-0.2, -0.15) is 0 Å². The lowest BCUT2D eigenvalue weighted by molar-refractivity contribution is -0.0752. The second-order valence-corrected chi connectivity index (χ2v) is 8.56. The Morgan fingerprint density at radius 1 is 1.45 bits per heavy atom. The molecule has 5 nitrogen and oxygen atoms in total. The average Bonchev–Trinajstić information content (AvgIpc) is 2.78. The Morgan fingerprint density at radius 2 is 2.20 bits per heavy atom. The van der Waals surface area contributed by atoms with Crippen LogP contribution in [0.25, 0.3) is 0 Å². The SMILES string of the molecule is CCCC1CC(CN)(N(C)C2CCS(=O)(=O)C2)CCO1. The van der Waals surface area contributed by atoms with Crippen LogP contribution in [0.3, 0.4) is 0 Å². The van der Waals surface area contributed by atoms with Crippen molar-refractivity contribution in [1.29, 1.82) is 0 Å². The number of nitrogens with zero attached hydrogens (tertiary/aromatic N) is 1. The minimum atomic E-state index is -2.85. The molecule has 0 radical (unpaired) electrons. The fraction of sp³-hybridized carbons (Fsp3) is 1.00. The number of ether oxygens (including phenoxy) is 1. The van der Waals surface area contributed by atoms with Gasteiger partial charge in [0.25, 0.3) is 0 Å². The molecule has 2 heterocycles. The molecule has 2 rings (SSSR count). The van der Waals surface area contributed by atoms with E-state index in [0.29, 0.717) is 12.3 Å². The van der Waals surface area contributed by atoms with Gasteiger partial charge in [0.15, 0.2) is 9.84 Å². The lowest BCUT2D eigenvalue weighted by Crippen LogP contribution is -2.60. The molecule has 0 aliphatic carbocycles. The molecule has 0 spiro atoms. The van der Waals surface area contributed by atoms with Crippen molar-refractivity contribution < 1.29 is 13.2 Å². The number of sulfone groups is 1. The van der Waals surface area contributed by atoms with Gasteiger partial charge in [0.05, 0.1) is 17.6 Å². The molecule has 2 saturated heterocycles. The minimum absolute atomic E-state index is 0.0946. The Balaban J connectivity index is 2.09. The van der Waals surface area contributed by atoms with Crippen molar-refractivity contribution in [1.82, 2.24) is 4.90 Å². The summed E-state index contributed by atoms with van der Waals surface area (Å²) in [6, 6.07) is 0.115. The molecule has 0 aromatic rings. The van der Waals surface area contributed by atoms with Crippen molar-refractivity contribution in [2.24, 2.45) is 5.73 Å². The van der Waals surface area contributed by atoms with E-state index < -0.39 is 9.84 Å². The number of hydrogen-bond acceptors (Lipinski definition) is 5. The second kappa shape index (κ2) is 6.30. The Labute approximate surface area is 122 Å². The van der Waals surface area contributed by atoms with E-state index in [4.69, 9.17) is 10.5 Å². The van der Waals surface area contributed by atoms with E-state index in [9.17, 15) is 8.42 Å². The number of rotatable bonds is 5. The fourth-order valence-electron chi connectivity index (χ4n) is 3.63. The summed E-state index contributed by atoms with van der Waals surface area (Å²) in [5, 5.41) is 0. The first-order valence-corrected chi connectivity index (χ1v) is 9.49. The molecular formula is C14H28N2O3S. The smallest absolute Gasteiger partial charge is 0.151 e. The van der Waals surface area contributed by atoms with Gasteiger partial charge in [0, 0.05) is 24.7 Å². The third kappa shape index (κ3) is 3.35. The highest BCUT2D eigenvalue weighted by Crippen LogP contribution is 2.34. The van der Waals surface area contributed by atoms with Crippen LogP contribution in [0.5, 0.6) is 0 Å². The number of hydrogen-bond donors (Lipinski definition) is 1. The van der Waals surface area contributed by atoms with Crippen LogP contribution >= 0.6 is 0 Å². The van der Waals surface area contributed by atoms with E-state index in [1.165, 1.54) is 0 Å². The normalized spacial score (nSPS) is 37.4. The summed E-state index contributed by atoms with van der Waals surface area (Å²) in [5.74, 6) is 0.599. The fourth-order valence-corrected chi connectivity index (χ4v) is 5.40. The molecule has 3 atom stereocenters. The van der Waals surface area contributed by atoms with Gasteiger partial charge in [-0.05, 0) is 32.7 Å². The maximum atomic E-state index is 11.7. The monoisotopic (exact) mass is 304 g/mol. The van der Waals surface area contributed by atoms with E-state index in [0.717, 1.165) is 38.7 Å². The highest BCUT2D eigenvalue weighted by Gasteiger charge is 2.44. The molecule has 0 aromatic carbocycles. The maximum Gasteiger partial charge on any atom is 0.151 e. The molecule has 0 amide bonds. The maximum absolute atomic E-state index is 11.7. The first kappa shape index (κ1) is 16.2. The summed E-state index contributed by atoms with van der Waals surface area (Å²) in [4.78, 5) is 2.25. The summed E-state index contributed by atoms with van der Waals surface area (Å²) in [6.07, 6.45) is 4.98. The molecule has 2 N–H and O–H groups in total. The van der Waals surface area contributed by atoms with Crippen LogP contribution in [0.2, 0.25) is 0 Å². The molecule has 20 heavy (non-hydrogen) atoms. The summed E-state index contributed by atoms with van der Waals surface area (Å²) < 4.78 is 29.2. The topological polar surface area (TPSA) is 72.6 Å². The molecule has 2 fully saturated rings. The molecule has 0 saturated carbocycles. The van der Waals surface area contributed by atoms with Gasteiger partial charge in [0.2, 0.25) is 0 Å². The lowest BCUT2D eigenvalue weighted by atomic mass is 9.83. The van der Waals surface area contributed by atoms with E-state index in [2.05, 4.69) is 11.8 Å². The Morgan fingerprint density at radius 3 is 2.75 bits per heavy atom. The van der Waals surface area contributed by atoms with E-state index in [1.807, 2.05) is 7.05 Å². The third-order valence-electron chi connectivity index (χ3n) is 5.02. The van der Waals surface area contributed by atoms with E-state index >= 15 is 0 Å². The van der Waals surface area contributed by atoms with Crippen LogP contribution in [0.1, 0.15) is 39.0 Å². The molecule has 3 unspecified atom stereocenters. The summed E-state index contributed by atoms with van der Waals surface area (Å²) in [6.45, 7) is 3.46. The van der Waals surface area contributed by atoms with Crippen LogP contribution in [0.4, 0.5) is 0 Å². The Hall–Kier alpha value is -0.170. The van der Waals surface area contributed by atoms with Gasteiger partial charge < -0.3 is 10.5 Å². The van der Waals surface area contributed by atoms with Crippen LogP contribution in [-0.2, 0) is 14.6 Å². The molecular weight excluding hydrogens is 276 g/mol. The zero-order valence-corrected chi connectivity index (χ0v) is 13.5. The molecule has 0 aromatic heterocycles. The van der Waals surface area contributed by atoms with Crippen molar-refractivity contribution in [3.63, 3.8) is 0 Å². The average molecular weight is 304 g/mol. The first-order valence-electron chi connectivity index (χ1n) is 7.67. The van der Waals surface area contributed by atoms with E-state index in [1.54, 1.807) is 0 Å². The van der Waals surface area contributed by atoms with Crippen LogP contribution in [0, 0.1) is 0 Å². The van der Waals surface area contributed by atoms with Gasteiger partial charge in [-0.15, -0.1) is 0 Å². The summed E-state index contributed by atoms with van der Waals surface area (Å²) in [7, 11) is -0.803. The second-order valence-electron chi connectivity index (χ2n) is 6.33. The van der Waals surface area contributed by atoms with Crippen LogP contribution in [0.15, 0.2) is 0 Å². The van der Waals surface area contributed by atoms with Crippen molar-refractivity contribution in [2.75, 3.05) is 31.7 Å². The molecule has 118 valence electrons. The van der Waals surface area contributed by atoms with Crippen molar-refractivity contribution in [3.05, 3.63) is 0 Å². The molecule has 0 bridgehead atoms. The van der Waals surface area contributed by atoms with Gasteiger partial charge in [-0.3, -0.25) is 4.90 Å². The minimum Gasteiger partial charge on any atom is -0.378 e. The number of nitrogens with two attached hydrogens (primary N) is 1. The zero-order valence-electron chi connectivity index (χ0n) is 12.7. The first-order chi connectivity index (χ1) is 9.42. The predicted molar refractivity (Wildman–Crippen MR) is 80.5 cm³/mol. The van der Waals surface area contributed by atoms with Crippen LogP contribution < -0.4 is 5.73 Å². The highest BCUT2D eigenvalue weighted by molar-refractivity contribution is 7.91. The van der Waals surface area contributed by atoms with Gasteiger partial charge in [-0.1, -0.05) is 13.3 Å². The van der Waals surface area contributed by atoms with Crippen molar-refractivity contribution in [2.45, 2.75) is 56.7 Å². The quantitative estimate of drug-likeness (QED) is 0.812. The predicted octanol–water partition coefficient (Wildman–Crippen LogP) is 0.782. The Kier molecular flexibility index (Phi) is 5.10. The molecule has 6 heteroatoms. The lowest BCUT2D eigenvalue weighted by Gasteiger charge is -2.48. The zero-order chi connectivity index (χ0) is 14.8. The standard InChI is InChI=1S/C14H28N2O3S/c1-3-4-13-9-14(11-15,6-7-19-13)16(2)12-5-8-20(17,18)10-12/h12-13H,3-11,15H2,1-2H3. The van der Waals surface area contributed by atoms with Gasteiger partial charge in [-0.25, -0.2) is 8.42 Å². The molecule has 2 aliphatic rings. The largest absolute Gasteiger partial charge is 0.378 e. The van der Waals surface area contributed by atoms with E-state index in [-0.39, 0.29) is 23.4 Å². The van der Waals surface area contributed by atoms with Gasteiger partial charge >= 0.3 is 0 Å². The summed E-state index contributed by atoms with van der Waals surface area (Å²) in [5.41, 5.74) is 5.99. The third-order valence-corrected chi connectivity index (χ3v) is 6.77. The van der Waals surface area contributed by atoms with Crippen LogP contribution in [-0.4, -0.2) is 62.7 Å².